The molecule has 1 aromatic carbocycles. The topological polar surface area (TPSA) is 98.7 Å². The number of carbonyl (C=O) groups is 2. The zero-order valence-corrected chi connectivity index (χ0v) is 11.9. The number of aromatic carboxylic acids is 1. The van der Waals surface area contributed by atoms with Gasteiger partial charge >= 0.3 is 5.97 Å². The Morgan fingerprint density at radius 3 is 2.45 bits per heavy atom. The van der Waals surface area contributed by atoms with Crippen molar-refractivity contribution in [2.45, 2.75) is 32.7 Å². The number of carbonyl (C=O) groups excluding carboxylic acids is 1. The van der Waals surface area contributed by atoms with Gasteiger partial charge in [-0.3, -0.25) is 4.79 Å². The number of nitrogens with one attached hydrogen (secondary N) is 2. The fraction of sp³-hybridized carbons (Fsp3) is 0.429. The normalized spacial score (nSPS) is 11.2. The van der Waals surface area contributed by atoms with E-state index >= 15 is 0 Å². The minimum atomic E-state index is -1.20. The maximum absolute atomic E-state index is 11.8. The molecule has 1 rings (SSSR count). The van der Waals surface area contributed by atoms with E-state index in [-0.39, 0.29) is 34.9 Å². The molecule has 0 aliphatic rings. The molecule has 0 atom stereocenters. The van der Waals surface area contributed by atoms with Crippen LogP contribution in [-0.2, 0) is 4.79 Å². The number of amides is 1. The van der Waals surface area contributed by atoms with Crippen LogP contribution in [-0.4, -0.2) is 34.2 Å². The number of carboxylic acids is 1. The summed E-state index contributed by atoms with van der Waals surface area (Å²) in [5.74, 6) is -1.64. The minimum absolute atomic E-state index is 0.0783. The molecule has 6 nitrogen and oxygen atoms in total. The van der Waals surface area contributed by atoms with Gasteiger partial charge in [0.25, 0.3) is 0 Å². The van der Waals surface area contributed by atoms with Gasteiger partial charge in [-0.25, -0.2) is 4.79 Å². The van der Waals surface area contributed by atoms with Gasteiger partial charge in [0.2, 0.25) is 5.91 Å². The largest absolute Gasteiger partial charge is 0.508 e. The van der Waals surface area contributed by atoms with Crippen LogP contribution < -0.4 is 10.6 Å². The molecule has 1 aromatic rings. The first-order valence-electron chi connectivity index (χ1n) is 6.30. The van der Waals surface area contributed by atoms with E-state index in [1.807, 2.05) is 20.8 Å². The summed E-state index contributed by atoms with van der Waals surface area (Å²) in [6, 6.07) is 3.80. The third kappa shape index (κ3) is 5.27. The summed E-state index contributed by atoms with van der Waals surface area (Å²) in [7, 11) is 0. The van der Waals surface area contributed by atoms with Gasteiger partial charge in [-0.05, 0) is 39.0 Å². The molecule has 0 unspecified atom stereocenters. The van der Waals surface area contributed by atoms with E-state index in [1.54, 1.807) is 0 Å². The lowest BCUT2D eigenvalue weighted by Gasteiger charge is -2.20. The summed E-state index contributed by atoms with van der Waals surface area (Å²) >= 11 is 0. The third-order valence-electron chi connectivity index (χ3n) is 2.52. The molecule has 0 heterocycles. The van der Waals surface area contributed by atoms with Gasteiger partial charge in [-0.1, -0.05) is 0 Å². The first kappa shape index (κ1) is 16.0. The van der Waals surface area contributed by atoms with Crippen molar-refractivity contribution in [3.05, 3.63) is 23.8 Å². The predicted molar refractivity (Wildman–Crippen MR) is 76.1 cm³/mol. The monoisotopic (exact) mass is 280 g/mol. The quantitative estimate of drug-likeness (QED) is 0.616. The van der Waals surface area contributed by atoms with Gasteiger partial charge in [-0.2, -0.15) is 0 Å². The van der Waals surface area contributed by atoms with Gasteiger partial charge in [0, 0.05) is 18.5 Å². The fourth-order valence-electron chi connectivity index (χ4n) is 1.58. The number of hydrogen-bond acceptors (Lipinski definition) is 4. The van der Waals surface area contributed by atoms with Gasteiger partial charge in [-0.15, -0.1) is 0 Å². The molecule has 4 N–H and O–H groups in total. The molecule has 0 fully saturated rings. The van der Waals surface area contributed by atoms with Crippen molar-refractivity contribution in [3.63, 3.8) is 0 Å². The maximum Gasteiger partial charge on any atom is 0.337 e. The predicted octanol–water partition coefficient (Wildman–Crippen LogP) is 1.81. The molecule has 0 aliphatic carbocycles. The standard InChI is InChI=1S/C14H20N2O4/c1-14(2,3)15-7-6-12(18)16-11-5-4-9(17)8-10(11)13(19)20/h4-5,8,15,17H,6-7H2,1-3H3,(H,16,18)(H,19,20). The number of rotatable bonds is 5. The minimum Gasteiger partial charge on any atom is -0.508 e. The lowest BCUT2D eigenvalue weighted by Crippen LogP contribution is -2.37. The highest BCUT2D eigenvalue weighted by Crippen LogP contribution is 2.21. The van der Waals surface area contributed by atoms with Gasteiger partial charge < -0.3 is 20.8 Å². The van der Waals surface area contributed by atoms with Crippen molar-refractivity contribution in [1.82, 2.24) is 5.32 Å². The average Bonchev–Trinajstić information content (AvgIpc) is 2.29. The van der Waals surface area contributed by atoms with Crippen LogP contribution in [0.5, 0.6) is 5.75 Å². The van der Waals surface area contributed by atoms with Gasteiger partial charge in [0.1, 0.15) is 5.75 Å². The summed E-state index contributed by atoms with van der Waals surface area (Å²) in [4.78, 5) is 22.8. The fourth-order valence-corrected chi connectivity index (χ4v) is 1.58. The van der Waals surface area contributed by atoms with Crippen LogP contribution in [0, 0.1) is 0 Å². The lowest BCUT2D eigenvalue weighted by molar-refractivity contribution is -0.116. The summed E-state index contributed by atoms with van der Waals surface area (Å²) in [5.41, 5.74) is -0.0383. The second kappa shape index (κ2) is 6.38. The van der Waals surface area contributed by atoms with E-state index in [9.17, 15) is 14.7 Å². The Hall–Kier alpha value is -2.08. The van der Waals surface area contributed by atoms with Crippen LogP contribution in [0.25, 0.3) is 0 Å². The second-order valence-corrected chi connectivity index (χ2v) is 5.51. The molecule has 20 heavy (non-hydrogen) atoms. The van der Waals surface area contributed by atoms with E-state index in [1.165, 1.54) is 12.1 Å². The number of anilines is 1. The van der Waals surface area contributed by atoms with Crippen molar-refractivity contribution in [2.75, 3.05) is 11.9 Å². The second-order valence-electron chi connectivity index (χ2n) is 5.51. The summed E-state index contributed by atoms with van der Waals surface area (Å²) < 4.78 is 0. The summed E-state index contributed by atoms with van der Waals surface area (Å²) in [5, 5.41) is 24.0. The molecule has 0 radical (unpaired) electrons. The Balaban J connectivity index is 2.64. The van der Waals surface area contributed by atoms with E-state index in [0.29, 0.717) is 6.54 Å². The number of hydrogen-bond donors (Lipinski definition) is 4. The highest BCUT2D eigenvalue weighted by molar-refractivity contribution is 6.00. The Bertz CT molecular complexity index is 506. The molecule has 110 valence electrons. The average molecular weight is 280 g/mol. The molecule has 0 saturated heterocycles. The molecule has 0 bridgehead atoms. The number of phenols is 1. The van der Waals surface area contributed by atoms with Crippen LogP contribution in [0.3, 0.4) is 0 Å². The Morgan fingerprint density at radius 2 is 1.90 bits per heavy atom. The Labute approximate surface area is 117 Å². The number of benzene rings is 1. The number of phenolic OH excluding ortho intramolecular Hbond substituents is 1. The van der Waals surface area contributed by atoms with Crippen molar-refractivity contribution in [2.24, 2.45) is 0 Å². The molecule has 0 aromatic heterocycles. The van der Waals surface area contributed by atoms with Crippen LogP contribution >= 0.6 is 0 Å². The van der Waals surface area contributed by atoms with E-state index in [2.05, 4.69) is 10.6 Å². The van der Waals surface area contributed by atoms with Gasteiger partial charge in [0.15, 0.2) is 0 Å². The van der Waals surface area contributed by atoms with E-state index in [0.717, 1.165) is 6.07 Å². The summed E-state index contributed by atoms with van der Waals surface area (Å²) in [6.07, 6.45) is 0.233. The SMILES string of the molecule is CC(C)(C)NCCC(=O)Nc1ccc(O)cc1C(=O)O. The first-order chi connectivity index (χ1) is 9.19. The van der Waals surface area contributed by atoms with E-state index in [4.69, 9.17) is 5.11 Å². The molecular formula is C14H20N2O4. The number of aromatic hydroxyl groups is 1. The summed E-state index contributed by atoms with van der Waals surface area (Å²) in [6.45, 7) is 6.48. The molecule has 0 aliphatic heterocycles. The van der Waals surface area contributed by atoms with Crippen molar-refractivity contribution in [1.29, 1.82) is 0 Å². The van der Waals surface area contributed by atoms with Crippen LogP contribution in [0.1, 0.15) is 37.6 Å². The highest BCUT2D eigenvalue weighted by Gasteiger charge is 2.14. The molecule has 1 amide bonds. The van der Waals surface area contributed by atoms with Crippen LogP contribution in [0.2, 0.25) is 0 Å². The Kier molecular flexibility index (Phi) is 5.10. The highest BCUT2D eigenvalue weighted by atomic mass is 16.4. The molecule has 0 spiro atoms. The molecule has 0 saturated carbocycles. The maximum atomic E-state index is 11.8. The van der Waals surface area contributed by atoms with Crippen molar-refractivity contribution in [3.8, 4) is 5.75 Å². The van der Waals surface area contributed by atoms with Crippen LogP contribution in [0.15, 0.2) is 18.2 Å². The van der Waals surface area contributed by atoms with Gasteiger partial charge in [0.05, 0.1) is 11.3 Å². The number of carboxylic acid groups (broad SMARTS) is 1. The lowest BCUT2D eigenvalue weighted by atomic mass is 10.1. The van der Waals surface area contributed by atoms with E-state index < -0.39 is 5.97 Å². The third-order valence-corrected chi connectivity index (χ3v) is 2.52. The first-order valence-corrected chi connectivity index (χ1v) is 6.30. The molecular weight excluding hydrogens is 260 g/mol. The van der Waals surface area contributed by atoms with Crippen molar-refractivity contribution < 1.29 is 19.8 Å². The smallest absolute Gasteiger partial charge is 0.337 e. The van der Waals surface area contributed by atoms with Crippen molar-refractivity contribution >= 4 is 17.6 Å². The zero-order valence-electron chi connectivity index (χ0n) is 11.9. The zero-order chi connectivity index (χ0) is 15.3. The van der Waals surface area contributed by atoms with Crippen LogP contribution in [0.4, 0.5) is 5.69 Å². The Morgan fingerprint density at radius 1 is 1.25 bits per heavy atom. The molecule has 6 heteroatoms.